The van der Waals surface area contributed by atoms with Crippen molar-refractivity contribution in [3.8, 4) is 11.5 Å². The lowest BCUT2D eigenvalue weighted by molar-refractivity contribution is -0.116. The number of anilines is 2. The first-order valence-corrected chi connectivity index (χ1v) is 16.3. The maximum absolute atomic E-state index is 14.7. The summed E-state index contributed by atoms with van der Waals surface area (Å²) in [5.41, 5.74) is 1.10. The average Bonchev–Trinajstić information content (AvgIpc) is 3.10. The van der Waals surface area contributed by atoms with Crippen molar-refractivity contribution < 1.29 is 23.5 Å². The van der Waals surface area contributed by atoms with Gasteiger partial charge in [-0.25, -0.2) is 4.39 Å². The number of halogens is 2. The predicted octanol–water partition coefficient (Wildman–Crippen LogP) is 9.19. The molecule has 242 valence electrons. The summed E-state index contributed by atoms with van der Waals surface area (Å²) in [6.07, 6.45) is 1.74. The van der Waals surface area contributed by atoms with Crippen LogP contribution in [0, 0.1) is 5.82 Å². The Balaban J connectivity index is 1.27. The van der Waals surface area contributed by atoms with Crippen molar-refractivity contribution in [3.63, 3.8) is 0 Å². The number of benzene rings is 5. The molecule has 0 aliphatic heterocycles. The van der Waals surface area contributed by atoms with Gasteiger partial charge in [0.2, 0.25) is 5.91 Å². The van der Waals surface area contributed by atoms with Crippen LogP contribution in [0.25, 0.3) is 6.08 Å². The minimum absolute atomic E-state index is 0.0443. The zero-order valence-electron chi connectivity index (χ0n) is 25.8. The van der Waals surface area contributed by atoms with E-state index in [2.05, 4.69) is 16.0 Å². The second-order valence-electron chi connectivity index (χ2n) is 10.4. The van der Waals surface area contributed by atoms with Gasteiger partial charge in [-0.1, -0.05) is 67.1 Å². The molecule has 0 saturated heterocycles. The lowest BCUT2D eigenvalue weighted by atomic mass is 10.1. The minimum atomic E-state index is -0.690. The van der Waals surface area contributed by atoms with E-state index in [1.165, 1.54) is 36.0 Å². The van der Waals surface area contributed by atoms with Crippen molar-refractivity contribution >= 4 is 58.5 Å². The highest BCUT2D eigenvalue weighted by Gasteiger charge is 2.20. The molecule has 0 aromatic heterocycles. The number of carbonyl (C=O) groups excluding carboxylic acids is 3. The number of hydrogen-bond donors (Lipinski definition) is 3. The van der Waals surface area contributed by atoms with Gasteiger partial charge in [0.1, 0.15) is 23.0 Å². The number of ether oxygens (including phenoxy) is 1. The number of nitrogens with one attached hydrogen (secondary N) is 3. The molecule has 7 nitrogen and oxygen atoms in total. The van der Waals surface area contributed by atoms with Crippen molar-refractivity contribution in [2.45, 2.75) is 23.5 Å². The SMILES string of the molecule is CCC(Sc1cccc(NC(=O)/C(=C\c2c(F)cccc2Cl)NC(=O)c2ccccc2)c1)C(=O)Nc1ccc(Oc2ccccc2)cc1. The Bertz CT molecular complexity index is 1900. The summed E-state index contributed by atoms with van der Waals surface area (Å²) in [6, 6.07) is 36.0. The van der Waals surface area contributed by atoms with Crippen LogP contribution in [0.2, 0.25) is 5.02 Å². The molecule has 0 radical (unpaired) electrons. The van der Waals surface area contributed by atoms with Crippen LogP contribution in [0.15, 0.2) is 138 Å². The van der Waals surface area contributed by atoms with Crippen LogP contribution in [0.3, 0.4) is 0 Å². The fourth-order valence-corrected chi connectivity index (χ4v) is 5.75. The van der Waals surface area contributed by atoms with Gasteiger partial charge in [-0.05, 0) is 91.4 Å². The van der Waals surface area contributed by atoms with Gasteiger partial charge in [0, 0.05) is 27.4 Å². The maximum Gasteiger partial charge on any atom is 0.272 e. The Hall–Kier alpha value is -5.38. The van der Waals surface area contributed by atoms with Crippen LogP contribution in [0.1, 0.15) is 29.3 Å². The van der Waals surface area contributed by atoms with Gasteiger partial charge >= 0.3 is 0 Å². The second kappa shape index (κ2) is 16.4. The molecule has 0 aliphatic rings. The van der Waals surface area contributed by atoms with E-state index in [0.717, 1.165) is 4.90 Å². The summed E-state index contributed by atoms with van der Waals surface area (Å²) in [5.74, 6) is -0.707. The summed E-state index contributed by atoms with van der Waals surface area (Å²) in [5, 5.41) is 7.95. The summed E-state index contributed by atoms with van der Waals surface area (Å²) in [7, 11) is 0. The normalized spacial score (nSPS) is 11.7. The summed E-state index contributed by atoms with van der Waals surface area (Å²) < 4.78 is 20.5. The van der Waals surface area contributed by atoms with Crippen LogP contribution < -0.4 is 20.7 Å². The predicted molar refractivity (Wildman–Crippen MR) is 190 cm³/mol. The molecule has 0 heterocycles. The number of rotatable bonds is 12. The second-order valence-corrected chi connectivity index (χ2v) is 12.1. The minimum Gasteiger partial charge on any atom is -0.457 e. The fraction of sp³-hybridized carbons (Fsp3) is 0.0789. The Morgan fingerprint density at radius 2 is 1.46 bits per heavy atom. The average molecular weight is 680 g/mol. The van der Waals surface area contributed by atoms with Crippen LogP contribution in [-0.2, 0) is 9.59 Å². The third-order valence-electron chi connectivity index (χ3n) is 6.95. The molecule has 5 aromatic carbocycles. The molecule has 0 spiro atoms. The van der Waals surface area contributed by atoms with E-state index in [1.807, 2.05) is 43.3 Å². The van der Waals surface area contributed by atoms with Gasteiger partial charge in [0.15, 0.2) is 0 Å². The molecule has 10 heteroatoms. The van der Waals surface area contributed by atoms with Gasteiger partial charge in [0.25, 0.3) is 11.8 Å². The molecule has 5 aromatic rings. The Morgan fingerprint density at radius 1 is 0.792 bits per heavy atom. The highest BCUT2D eigenvalue weighted by Crippen LogP contribution is 2.30. The quantitative estimate of drug-likeness (QED) is 0.0903. The molecule has 48 heavy (non-hydrogen) atoms. The Labute approximate surface area is 287 Å². The van der Waals surface area contributed by atoms with E-state index in [-0.39, 0.29) is 22.2 Å². The summed E-state index contributed by atoms with van der Waals surface area (Å²) in [6.45, 7) is 1.92. The fourth-order valence-electron chi connectivity index (χ4n) is 4.52. The standard InChI is InChI=1S/C38H31ClFN3O4S/c1-2-35(38(46)41-26-19-21-29(22-20-26)47-28-14-7-4-8-15-28)48-30-16-9-13-27(23-30)42-37(45)34(24-31-32(39)17-10-18-33(31)40)43-36(44)25-11-5-3-6-12-25/h3-24,35H,2H2,1H3,(H,41,46)(H,42,45)(H,43,44)/b34-24+. The Kier molecular flexibility index (Phi) is 11.6. The molecule has 1 atom stereocenters. The maximum atomic E-state index is 14.7. The van der Waals surface area contributed by atoms with Crippen molar-refractivity contribution in [1.82, 2.24) is 5.32 Å². The largest absolute Gasteiger partial charge is 0.457 e. The zero-order chi connectivity index (χ0) is 33.9. The van der Waals surface area contributed by atoms with Crippen LogP contribution in [-0.4, -0.2) is 23.0 Å². The first kappa shape index (κ1) is 34.0. The smallest absolute Gasteiger partial charge is 0.272 e. The monoisotopic (exact) mass is 679 g/mol. The van der Waals surface area contributed by atoms with Crippen molar-refractivity contribution in [2.75, 3.05) is 10.6 Å². The van der Waals surface area contributed by atoms with E-state index in [0.29, 0.717) is 34.9 Å². The van der Waals surface area contributed by atoms with Gasteiger partial charge in [-0.15, -0.1) is 11.8 Å². The molecular formula is C38H31ClFN3O4S. The molecular weight excluding hydrogens is 649 g/mol. The molecule has 3 N–H and O–H groups in total. The third kappa shape index (κ3) is 9.34. The first-order chi connectivity index (χ1) is 23.3. The highest BCUT2D eigenvalue weighted by molar-refractivity contribution is 8.00. The van der Waals surface area contributed by atoms with Crippen LogP contribution in [0.4, 0.5) is 15.8 Å². The number of para-hydroxylation sites is 1. The first-order valence-electron chi connectivity index (χ1n) is 15.0. The third-order valence-corrected chi connectivity index (χ3v) is 8.64. The molecule has 5 rings (SSSR count). The lowest BCUT2D eigenvalue weighted by Gasteiger charge is -2.16. The van der Waals surface area contributed by atoms with Crippen molar-refractivity contribution in [2.24, 2.45) is 0 Å². The van der Waals surface area contributed by atoms with E-state index in [4.69, 9.17) is 16.3 Å². The van der Waals surface area contributed by atoms with Crippen LogP contribution in [0.5, 0.6) is 11.5 Å². The van der Waals surface area contributed by atoms with E-state index >= 15 is 0 Å². The number of amides is 3. The van der Waals surface area contributed by atoms with Crippen LogP contribution >= 0.6 is 23.4 Å². The highest BCUT2D eigenvalue weighted by atomic mass is 35.5. The summed E-state index contributed by atoms with van der Waals surface area (Å²) in [4.78, 5) is 40.4. The van der Waals surface area contributed by atoms with Gasteiger partial charge in [-0.2, -0.15) is 0 Å². The van der Waals surface area contributed by atoms with Crippen molar-refractivity contribution in [1.29, 1.82) is 0 Å². The van der Waals surface area contributed by atoms with E-state index < -0.39 is 22.9 Å². The van der Waals surface area contributed by atoms with E-state index in [9.17, 15) is 18.8 Å². The molecule has 0 bridgehead atoms. The lowest BCUT2D eigenvalue weighted by Crippen LogP contribution is -2.30. The molecule has 0 aliphatic carbocycles. The molecule has 0 fully saturated rings. The number of carbonyl (C=O) groups is 3. The molecule has 3 amide bonds. The number of thioether (sulfide) groups is 1. The molecule has 0 saturated carbocycles. The molecule has 1 unspecified atom stereocenters. The Morgan fingerprint density at radius 3 is 2.15 bits per heavy atom. The van der Waals surface area contributed by atoms with Gasteiger partial charge in [-0.3, -0.25) is 14.4 Å². The van der Waals surface area contributed by atoms with Crippen molar-refractivity contribution in [3.05, 3.63) is 155 Å². The topological polar surface area (TPSA) is 96.5 Å². The summed E-state index contributed by atoms with van der Waals surface area (Å²) >= 11 is 7.56. The van der Waals surface area contributed by atoms with Gasteiger partial charge < -0.3 is 20.7 Å². The number of hydrogen-bond acceptors (Lipinski definition) is 5. The van der Waals surface area contributed by atoms with E-state index in [1.54, 1.807) is 72.8 Å². The zero-order valence-corrected chi connectivity index (χ0v) is 27.4. The van der Waals surface area contributed by atoms with Gasteiger partial charge in [0.05, 0.1) is 10.3 Å².